The Morgan fingerprint density at radius 1 is 1.53 bits per heavy atom. The molecule has 100 valence electrons. The highest BCUT2D eigenvalue weighted by Gasteiger charge is 2.16. The third kappa shape index (κ3) is 3.60. The minimum absolute atomic E-state index is 0.00345. The molecule has 0 aliphatic rings. The molecule has 1 unspecified atom stereocenters. The lowest BCUT2D eigenvalue weighted by atomic mass is 10.1. The lowest BCUT2D eigenvalue weighted by molar-refractivity contribution is -0.137. The third-order valence-corrected chi connectivity index (χ3v) is 3.19. The number of tetrazole rings is 1. The zero-order valence-corrected chi connectivity index (χ0v) is 11.9. The number of hydrogen-bond donors (Lipinski definition) is 1. The first-order chi connectivity index (χ1) is 9.06. The van der Waals surface area contributed by atoms with Gasteiger partial charge < -0.3 is 5.11 Å². The van der Waals surface area contributed by atoms with Crippen molar-refractivity contribution in [2.24, 2.45) is 0 Å². The van der Waals surface area contributed by atoms with Gasteiger partial charge in [-0.1, -0.05) is 28.1 Å². The molecule has 1 aromatic carbocycles. The predicted molar refractivity (Wildman–Crippen MR) is 71.7 cm³/mol. The van der Waals surface area contributed by atoms with E-state index >= 15 is 0 Å². The number of benzene rings is 1. The van der Waals surface area contributed by atoms with Crippen molar-refractivity contribution in [3.05, 3.63) is 40.1 Å². The van der Waals surface area contributed by atoms with Crippen LogP contribution in [0.1, 0.15) is 30.8 Å². The van der Waals surface area contributed by atoms with Crippen LogP contribution in [-0.2, 0) is 11.2 Å². The number of carboxylic acids is 1. The summed E-state index contributed by atoms with van der Waals surface area (Å²) in [6.07, 6.45) is 0.562. The van der Waals surface area contributed by atoms with E-state index < -0.39 is 5.97 Å². The summed E-state index contributed by atoms with van der Waals surface area (Å²) in [6, 6.07) is 7.58. The number of hydrogen-bond acceptors (Lipinski definition) is 4. The number of aromatic nitrogens is 4. The fraction of sp³-hybridized carbons (Fsp3) is 0.333. The average Bonchev–Trinajstić information content (AvgIpc) is 2.76. The molecule has 2 aromatic rings. The quantitative estimate of drug-likeness (QED) is 0.910. The van der Waals surface area contributed by atoms with Gasteiger partial charge in [0, 0.05) is 10.9 Å². The van der Waals surface area contributed by atoms with Crippen LogP contribution < -0.4 is 0 Å². The van der Waals surface area contributed by atoms with Gasteiger partial charge in [-0.2, -0.15) is 0 Å². The van der Waals surface area contributed by atoms with Crippen molar-refractivity contribution >= 4 is 21.9 Å². The molecule has 0 radical (unpaired) electrons. The van der Waals surface area contributed by atoms with E-state index in [1.807, 2.05) is 24.3 Å². The Balaban J connectivity index is 2.18. The first-order valence-electron chi connectivity index (χ1n) is 5.79. The van der Waals surface area contributed by atoms with E-state index in [9.17, 15) is 4.79 Å². The second-order valence-electron chi connectivity index (χ2n) is 4.29. The number of nitrogens with zero attached hydrogens (tertiary/aromatic N) is 4. The van der Waals surface area contributed by atoms with Gasteiger partial charge in [-0.3, -0.25) is 4.79 Å². The zero-order chi connectivity index (χ0) is 13.8. The molecule has 0 fully saturated rings. The first kappa shape index (κ1) is 13.7. The summed E-state index contributed by atoms with van der Waals surface area (Å²) >= 11 is 3.41. The topological polar surface area (TPSA) is 80.9 Å². The Morgan fingerprint density at radius 3 is 3.00 bits per heavy atom. The maximum atomic E-state index is 10.7. The minimum atomic E-state index is -0.864. The molecule has 0 bridgehead atoms. The highest BCUT2D eigenvalue weighted by atomic mass is 79.9. The molecular formula is C12H13BrN4O2. The summed E-state index contributed by atoms with van der Waals surface area (Å²) in [4.78, 5) is 10.7. The Labute approximate surface area is 118 Å². The van der Waals surface area contributed by atoms with Crippen molar-refractivity contribution in [1.29, 1.82) is 0 Å². The summed E-state index contributed by atoms with van der Waals surface area (Å²) in [7, 11) is 0. The van der Waals surface area contributed by atoms with Crippen LogP contribution in [0.2, 0.25) is 0 Å². The van der Waals surface area contributed by atoms with Crippen LogP contribution in [0.25, 0.3) is 0 Å². The lowest BCUT2D eigenvalue weighted by Crippen LogP contribution is -2.15. The highest BCUT2D eigenvalue weighted by molar-refractivity contribution is 9.10. The van der Waals surface area contributed by atoms with E-state index in [1.54, 1.807) is 11.6 Å². The van der Waals surface area contributed by atoms with E-state index in [0.29, 0.717) is 12.2 Å². The monoisotopic (exact) mass is 324 g/mol. The normalized spacial score (nSPS) is 12.3. The molecule has 0 amide bonds. The van der Waals surface area contributed by atoms with Crippen LogP contribution in [0.5, 0.6) is 0 Å². The molecule has 0 aliphatic carbocycles. The van der Waals surface area contributed by atoms with Crippen molar-refractivity contribution in [2.75, 3.05) is 0 Å². The van der Waals surface area contributed by atoms with Gasteiger partial charge in [-0.05, 0) is 35.0 Å². The third-order valence-electron chi connectivity index (χ3n) is 2.70. The van der Waals surface area contributed by atoms with E-state index in [1.165, 1.54) is 0 Å². The lowest BCUT2D eigenvalue weighted by Gasteiger charge is -2.11. The maximum Gasteiger partial charge on any atom is 0.305 e. The molecule has 0 aliphatic heterocycles. The molecule has 7 heteroatoms. The van der Waals surface area contributed by atoms with Crippen LogP contribution >= 0.6 is 15.9 Å². The number of carboxylic acid groups (broad SMARTS) is 1. The smallest absolute Gasteiger partial charge is 0.305 e. The highest BCUT2D eigenvalue weighted by Crippen LogP contribution is 2.16. The Hall–Kier alpha value is -1.76. The Bertz CT molecular complexity index is 585. The summed E-state index contributed by atoms with van der Waals surface area (Å²) in [6.45, 7) is 1.79. The molecule has 1 aromatic heterocycles. The van der Waals surface area contributed by atoms with E-state index in [2.05, 4.69) is 31.5 Å². The van der Waals surface area contributed by atoms with Crippen LogP contribution in [0, 0.1) is 0 Å². The molecule has 1 N–H and O–H groups in total. The maximum absolute atomic E-state index is 10.7. The largest absolute Gasteiger partial charge is 0.481 e. The van der Waals surface area contributed by atoms with E-state index in [0.717, 1.165) is 10.0 Å². The van der Waals surface area contributed by atoms with Gasteiger partial charge in [0.25, 0.3) is 0 Å². The van der Waals surface area contributed by atoms with Crippen molar-refractivity contribution in [3.63, 3.8) is 0 Å². The predicted octanol–water partition coefficient (Wildman–Crippen LogP) is 2.06. The van der Waals surface area contributed by atoms with Crippen molar-refractivity contribution in [3.8, 4) is 0 Å². The van der Waals surface area contributed by atoms with Gasteiger partial charge in [0.15, 0.2) is 5.82 Å². The second kappa shape index (κ2) is 5.92. The van der Waals surface area contributed by atoms with Crippen molar-refractivity contribution in [1.82, 2.24) is 20.2 Å². The van der Waals surface area contributed by atoms with Gasteiger partial charge >= 0.3 is 5.97 Å². The standard InChI is InChI=1S/C12H13BrN4O2/c1-8(5-12(18)19)17-11(14-15-16-17)7-9-3-2-4-10(13)6-9/h2-4,6,8H,5,7H2,1H3,(H,18,19). The number of aliphatic carboxylic acids is 1. The minimum Gasteiger partial charge on any atom is -0.481 e. The van der Waals surface area contributed by atoms with Crippen LogP contribution in [0.15, 0.2) is 28.7 Å². The fourth-order valence-electron chi connectivity index (χ4n) is 1.84. The number of rotatable bonds is 5. The van der Waals surface area contributed by atoms with Gasteiger partial charge in [0.1, 0.15) is 0 Å². The Morgan fingerprint density at radius 2 is 2.32 bits per heavy atom. The molecule has 0 saturated carbocycles. The van der Waals surface area contributed by atoms with Crippen LogP contribution in [0.4, 0.5) is 0 Å². The first-order valence-corrected chi connectivity index (χ1v) is 6.58. The summed E-state index contributed by atoms with van der Waals surface area (Å²) in [5.41, 5.74) is 1.06. The molecular weight excluding hydrogens is 312 g/mol. The number of halogens is 1. The number of carbonyl (C=O) groups is 1. The average molecular weight is 325 g/mol. The van der Waals surface area contributed by atoms with E-state index in [4.69, 9.17) is 5.11 Å². The summed E-state index contributed by atoms with van der Waals surface area (Å²) in [5.74, 6) is -0.205. The summed E-state index contributed by atoms with van der Waals surface area (Å²) in [5, 5.41) is 20.3. The van der Waals surface area contributed by atoms with Crippen LogP contribution in [0.3, 0.4) is 0 Å². The SMILES string of the molecule is CC(CC(=O)O)n1nnnc1Cc1cccc(Br)c1. The molecule has 2 rings (SSSR count). The molecule has 0 saturated heterocycles. The van der Waals surface area contributed by atoms with E-state index in [-0.39, 0.29) is 12.5 Å². The molecule has 1 heterocycles. The van der Waals surface area contributed by atoms with Gasteiger partial charge in [-0.15, -0.1) is 5.10 Å². The van der Waals surface area contributed by atoms with Crippen molar-refractivity contribution in [2.45, 2.75) is 25.8 Å². The van der Waals surface area contributed by atoms with Gasteiger partial charge in [-0.25, -0.2) is 4.68 Å². The zero-order valence-electron chi connectivity index (χ0n) is 10.3. The molecule has 6 nitrogen and oxygen atoms in total. The Kier molecular flexibility index (Phi) is 4.26. The fourth-order valence-corrected chi connectivity index (χ4v) is 2.29. The molecule has 0 spiro atoms. The molecule has 1 atom stereocenters. The van der Waals surface area contributed by atoms with Gasteiger partial charge in [0.2, 0.25) is 0 Å². The van der Waals surface area contributed by atoms with Gasteiger partial charge in [0.05, 0.1) is 12.5 Å². The second-order valence-corrected chi connectivity index (χ2v) is 5.21. The molecule has 19 heavy (non-hydrogen) atoms. The summed E-state index contributed by atoms with van der Waals surface area (Å²) < 4.78 is 2.55. The van der Waals surface area contributed by atoms with Crippen LogP contribution in [-0.4, -0.2) is 31.3 Å². The van der Waals surface area contributed by atoms with Crippen molar-refractivity contribution < 1.29 is 9.90 Å².